The molecule has 2 heterocycles. The predicted molar refractivity (Wildman–Crippen MR) is 70.3 cm³/mol. The Morgan fingerprint density at radius 1 is 1.39 bits per heavy atom. The van der Waals surface area contributed by atoms with Gasteiger partial charge in [0.05, 0.1) is 6.61 Å². The summed E-state index contributed by atoms with van der Waals surface area (Å²) >= 11 is 0. The zero-order chi connectivity index (χ0) is 13.2. The lowest BCUT2D eigenvalue weighted by atomic mass is 10.1. The van der Waals surface area contributed by atoms with Crippen molar-refractivity contribution in [2.45, 2.75) is 38.6 Å². The zero-order valence-electron chi connectivity index (χ0n) is 10.9. The molecule has 104 valence electrons. The van der Waals surface area contributed by atoms with Gasteiger partial charge < -0.3 is 5.11 Å². The highest BCUT2D eigenvalue weighted by molar-refractivity contribution is 7.86. The Hall–Kier alpha value is -0.430. The normalized spacial score (nSPS) is 28.1. The molecule has 1 N–H and O–H groups in total. The SMILES string of the molecule is CC1=CCN(S(=O)(=O)N2CCCCC2CO)CC1. The Balaban J connectivity index is 2.14. The number of aliphatic hydroxyl groups is 1. The van der Waals surface area contributed by atoms with E-state index >= 15 is 0 Å². The van der Waals surface area contributed by atoms with E-state index in [4.69, 9.17) is 0 Å². The highest BCUT2D eigenvalue weighted by atomic mass is 32.2. The maximum absolute atomic E-state index is 12.5. The van der Waals surface area contributed by atoms with Crippen molar-refractivity contribution in [2.24, 2.45) is 0 Å². The average molecular weight is 274 g/mol. The fraction of sp³-hybridized carbons (Fsp3) is 0.833. The minimum absolute atomic E-state index is 0.0814. The first-order valence-corrected chi connectivity index (χ1v) is 7.99. The summed E-state index contributed by atoms with van der Waals surface area (Å²) in [7, 11) is -3.41. The van der Waals surface area contributed by atoms with Crippen molar-refractivity contribution in [1.29, 1.82) is 0 Å². The van der Waals surface area contributed by atoms with Gasteiger partial charge in [0.25, 0.3) is 10.2 Å². The highest BCUT2D eigenvalue weighted by Crippen LogP contribution is 2.24. The Labute approximate surface area is 109 Å². The third-order valence-electron chi connectivity index (χ3n) is 3.81. The molecule has 2 aliphatic rings. The van der Waals surface area contributed by atoms with Gasteiger partial charge in [-0.1, -0.05) is 18.1 Å². The standard InChI is InChI=1S/C12H22N2O3S/c1-11-5-8-13(9-6-11)18(16,17)14-7-3-2-4-12(14)10-15/h5,12,15H,2-4,6-10H2,1H3. The van der Waals surface area contributed by atoms with Gasteiger partial charge in [0, 0.05) is 25.7 Å². The molecular formula is C12H22N2O3S. The number of hydrogen-bond acceptors (Lipinski definition) is 3. The Morgan fingerprint density at radius 3 is 2.78 bits per heavy atom. The fourth-order valence-electron chi connectivity index (χ4n) is 2.57. The van der Waals surface area contributed by atoms with Crippen molar-refractivity contribution in [2.75, 3.05) is 26.2 Å². The molecule has 1 atom stereocenters. The van der Waals surface area contributed by atoms with E-state index in [1.165, 1.54) is 14.2 Å². The Bertz CT molecular complexity index is 419. The van der Waals surface area contributed by atoms with E-state index in [1.54, 1.807) is 0 Å². The number of rotatable bonds is 3. The first-order chi connectivity index (χ1) is 8.55. The largest absolute Gasteiger partial charge is 0.395 e. The van der Waals surface area contributed by atoms with Crippen molar-refractivity contribution < 1.29 is 13.5 Å². The number of piperidine rings is 1. The van der Waals surface area contributed by atoms with E-state index in [1.807, 2.05) is 13.0 Å². The summed E-state index contributed by atoms with van der Waals surface area (Å²) in [6.45, 7) is 3.50. The van der Waals surface area contributed by atoms with Gasteiger partial charge in [-0.05, 0) is 26.2 Å². The average Bonchev–Trinajstić information content (AvgIpc) is 2.39. The van der Waals surface area contributed by atoms with Crippen molar-refractivity contribution in [3.8, 4) is 0 Å². The van der Waals surface area contributed by atoms with Crippen LogP contribution in [-0.2, 0) is 10.2 Å². The molecule has 1 saturated heterocycles. The molecule has 6 heteroatoms. The van der Waals surface area contributed by atoms with Crippen molar-refractivity contribution >= 4 is 10.2 Å². The topological polar surface area (TPSA) is 60.9 Å². The fourth-order valence-corrected chi connectivity index (χ4v) is 4.36. The van der Waals surface area contributed by atoms with Gasteiger partial charge in [-0.25, -0.2) is 0 Å². The van der Waals surface area contributed by atoms with Gasteiger partial charge in [0.15, 0.2) is 0 Å². The molecule has 0 aromatic carbocycles. The van der Waals surface area contributed by atoms with Gasteiger partial charge in [-0.2, -0.15) is 17.0 Å². The van der Waals surface area contributed by atoms with Crippen LogP contribution in [0.5, 0.6) is 0 Å². The molecule has 18 heavy (non-hydrogen) atoms. The molecule has 2 rings (SSSR count). The molecule has 0 radical (unpaired) electrons. The molecule has 0 aromatic rings. The minimum atomic E-state index is -3.41. The smallest absolute Gasteiger partial charge is 0.282 e. The van der Waals surface area contributed by atoms with Crippen LogP contribution in [0.2, 0.25) is 0 Å². The van der Waals surface area contributed by atoms with Gasteiger partial charge in [0.1, 0.15) is 0 Å². The molecule has 0 amide bonds. The summed E-state index contributed by atoms with van der Waals surface area (Å²) in [6.07, 6.45) is 5.42. The maximum Gasteiger partial charge on any atom is 0.282 e. The van der Waals surface area contributed by atoms with Gasteiger partial charge in [-0.15, -0.1) is 0 Å². The molecule has 1 unspecified atom stereocenters. The van der Waals surface area contributed by atoms with E-state index in [0.717, 1.165) is 25.7 Å². The summed E-state index contributed by atoms with van der Waals surface area (Å²) < 4.78 is 28.1. The summed E-state index contributed by atoms with van der Waals surface area (Å²) in [5, 5.41) is 9.33. The summed E-state index contributed by atoms with van der Waals surface area (Å²) in [5.41, 5.74) is 1.25. The second kappa shape index (κ2) is 5.69. The number of nitrogens with zero attached hydrogens (tertiary/aromatic N) is 2. The Kier molecular flexibility index (Phi) is 4.42. The van der Waals surface area contributed by atoms with Crippen LogP contribution in [-0.4, -0.2) is 54.4 Å². The first-order valence-electron chi connectivity index (χ1n) is 6.59. The summed E-state index contributed by atoms with van der Waals surface area (Å²) in [4.78, 5) is 0. The molecule has 0 aromatic heterocycles. The Morgan fingerprint density at radius 2 is 2.17 bits per heavy atom. The minimum Gasteiger partial charge on any atom is -0.395 e. The second-order valence-electron chi connectivity index (χ2n) is 5.11. The summed E-state index contributed by atoms with van der Waals surface area (Å²) in [5.74, 6) is 0. The predicted octanol–water partition coefficient (Wildman–Crippen LogP) is 0.730. The molecule has 0 spiro atoms. The zero-order valence-corrected chi connectivity index (χ0v) is 11.7. The van der Waals surface area contributed by atoms with Crippen molar-refractivity contribution in [1.82, 2.24) is 8.61 Å². The van der Waals surface area contributed by atoms with E-state index in [2.05, 4.69) is 0 Å². The third-order valence-corrected chi connectivity index (χ3v) is 5.86. The molecular weight excluding hydrogens is 252 g/mol. The highest BCUT2D eigenvalue weighted by Gasteiger charge is 2.36. The number of hydrogen-bond donors (Lipinski definition) is 1. The number of aliphatic hydroxyl groups excluding tert-OH is 1. The molecule has 5 nitrogen and oxygen atoms in total. The van der Waals surface area contributed by atoms with Gasteiger partial charge in [0.2, 0.25) is 0 Å². The maximum atomic E-state index is 12.5. The van der Waals surface area contributed by atoms with E-state index < -0.39 is 10.2 Å². The van der Waals surface area contributed by atoms with Crippen LogP contribution < -0.4 is 0 Å². The van der Waals surface area contributed by atoms with E-state index in [-0.39, 0.29) is 12.6 Å². The monoisotopic (exact) mass is 274 g/mol. The van der Waals surface area contributed by atoms with Crippen molar-refractivity contribution in [3.63, 3.8) is 0 Å². The van der Waals surface area contributed by atoms with Crippen LogP contribution in [0.1, 0.15) is 32.6 Å². The van der Waals surface area contributed by atoms with Gasteiger partial charge >= 0.3 is 0 Å². The van der Waals surface area contributed by atoms with Crippen LogP contribution in [0, 0.1) is 0 Å². The molecule has 0 aliphatic carbocycles. The lowest BCUT2D eigenvalue weighted by Crippen LogP contribution is -2.52. The third kappa shape index (κ3) is 2.77. The molecule has 0 saturated carbocycles. The van der Waals surface area contributed by atoms with Crippen molar-refractivity contribution in [3.05, 3.63) is 11.6 Å². The molecule has 2 aliphatic heterocycles. The molecule has 1 fully saturated rings. The van der Waals surface area contributed by atoms with Crippen LogP contribution in [0.15, 0.2) is 11.6 Å². The second-order valence-corrected chi connectivity index (χ2v) is 6.99. The van der Waals surface area contributed by atoms with Gasteiger partial charge in [-0.3, -0.25) is 0 Å². The quantitative estimate of drug-likeness (QED) is 0.772. The summed E-state index contributed by atoms with van der Waals surface area (Å²) in [6, 6.07) is -0.240. The van der Waals surface area contributed by atoms with E-state index in [0.29, 0.717) is 19.6 Å². The lowest BCUT2D eigenvalue weighted by Gasteiger charge is -2.37. The van der Waals surface area contributed by atoms with Crippen LogP contribution in [0.4, 0.5) is 0 Å². The van der Waals surface area contributed by atoms with Crippen LogP contribution >= 0.6 is 0 Å². The molecule has 0 bridgehead atoms. The van der Waals surface area contributed by atoms with Crippen LogP contribution in [0.3, 0.4) is 0 Å². The van der Waals surface area contributed by atoms with Crippen LogP contribution in [0.25, 0.3) is 0 Å². The first kappa shape index (κ1) is 14.0. The van der Waals surface area contributed by atoms with E-state index in [9.17, 15) is 13.5 Å². The lowest BCUT2D eigenvalue weighted by molar-refractivity contribution is 0.148.